The number of aromatic nitrogens is 3. The molecule has 0 radical (unpaired) electrons. The number of hydrogen-bond donors (Lipinski definition) is 1. The average molecular weight is 379 g/mol. The number of pyridine rings is 1. The fraction of sp³-hybridized carbons (Fsp3) is 0.188. The molecule has 25 heavy (non-hydrogen) atoms. The van der Waals surface area contributed by atoms with Crippen LogP contribution < -0.4 is 4.72 Å². The van der Waals surface area contributed by atoms with Crippen molar-refractivity contribution >= 4 is 21.6 Å². The van der Waals surface area contributed by atoms with Gasteiger partial charge in [0, 0.05) is 24.7 Å². The minimum Gasteiger partial charge on any atom is -0.339 e. The summed E-state index contributed by atoms with van der Waals surface area (Å²) in [5, 5.41) is 4.16. The summed E-state index contributed by atoms with van der Waals surface area (Å²) in [6.45, 7) is 0.244. The summed E-state index contributed by atoms with van der Waals surface area (Å²) in [5.41, 5.74) is 0.869. The van der Waals surface area contributed by atoms with E-state index in [4.69, 9.17) is 16.1 Å². The van der Waals surface area contributed by atoms with Crippen molar-refractivity contribution < 1.29 is 12.9 Å². The van der Waals surface area contributed by atoms with Crippen molar-refractivity contribution in [2.45, 2.75) is 17.7 Å². The monoisotopic (exact) mass is 378 g/mol. The van der Waals surface area contributed by atoms with E-state index in [0.717, 1.165) is 5.56 Å². The van der Waals surface area contributed by atoms with E-state index in [0.29, 0.717) is 24.6 Å². The summed E-state index contributed by atoms with van der Waals surface area (Å²) in [5.74, 6) is 0.981. The number of aryl methyl sites for hydroxylation is 1. The molecule has 0 fully saturated rings. The lowest BCUT2D eigenvalue weighted by Crippen LogP contribution is -2.25. The maximum absolute atomic E-state index is 12.1. The fourth-order valence-corrected chi connectivity index (χ4v) is 3.24. The molecule has 0 aliphatic heterocycles. The first-order chi connectivity index (χ1) is 12.0. The molecule has 0 aliphatic rings. The van der Waals surface area contributed by atoms with Gasteiger partial charge in [-0.3, -0.25) is 0 Å². The molecule has 1 N–H and O–H groups in total. The van der Waals surface area contributed by atoms with Gasteiger partial charge in [-0.05, 0) is 18.6 Å². The number of benzene rings is 1. The van der Waals surface area contributed by atoms with Gasteiger partial charge in [0.05, 0.1) is 0 Å². The molecule has 2 heterocycles. The molecule has 0 saturated heterocycles. The molecule has 0 unspecified atom stereocenters. The quantitative estimate of drug-likeness (QED) is 0.501. The van der Waals surface area contributed by atoms with Crippen molar-refractivity contribution in [3.05, 3.63) is 59.7 Å². The average Bonchev–Trinajstić information content (AvgIpc) is 3.09. The highest BCUT2D eigenvalue weighted by Gasteiger charge is 2.14. The van der Waals surface area contributed by atoms with Gasteiger partial charge in [0.25, 0.3) is 0 Å². The first-order valence-corrected chi connectivity index (χ1v) is 9.40. The molecule has 0 aliphatic carbocycles. The maximum Gasteiger partial charge on any atom is 0.242 e. The zero-order valence-electron chi connectivity index (χ0n) is 13.1. The van der Waals surface area contributed by atoms with E-state index in [1.165, 1.54) is 18.3 Å². The summed E-state index contributed by atoms with van der Waals surface area (Å²) < 4.78 is 31.9. The minimum absolute atomic E-state index is 0.0704. The van der Waals surface area contributed by atoms with Crippen LogP contribution in [-0.2, 0) is 16.4 Å². The lowest BCUT2D eigenvalue weighted by molar-refractivity contribution is 0.376. The third kappa shape index (κ3) is 4.62. The molecule has 1 aromatic carbocycles. The Morgan fingerprint density at radius 2 is 1.92 bits per heavy atom. The molecule has 2 aromatic heterocycles. The normalized spacial score (nSPS) is 11.6. The Morgan fingerprint density at radius 1 is 1.12 bits per heavy atom. The highest BCUT2D eigenvalue weighted by atomic mass is 35.5. The smallest absolute Gasteiger partial charge is 0.242 e. The molecule has 3 aromatic rings. The van der Waals surface area contributed by atoms with Crippen molar-refractivity contribution in [3.8, 4) is 11.4 Å². The second-order valence-corrected chi connectivity index (χ2v) is 7.35. The Kier molecular flexibility index (Phi) is 5.42. The van der Waals surface area contributed by atoms with Gasteiger partial charge in [-0.15, -0.1) is 0 Å². The Labute approximate surface area is 150 Å². The number of rotatable bonds is 7. The SMILES string of the molecule is O=S(=O)(NCCCc1nc(-c2ccccc2)no1)c1ccc(Cl)nc1. The molecule has 0 spiro atoms. The molecular weight excluding hydrogens is 364 g/mol. The molecule has 0 bridgehead atoms. The maximum atomic E-state index is 12.1. The van der Waals surface area contributed by atoms with Gasteiger partial charge in [0.1, 0.15) is 10.0 Å². The van der Waals surface area contributed by atoms with Crippen LogP contribution >= 0.6 is 11.6 Å². The van der Waals surface area contributed by atoms with Gasteiger partial charge in [0.15, 0.2) is 0 Å². The molecule has 0 saturated carbocycles. The van der Waals surface area contributed by atoms with E-state index in [1.54, 1.807) is 0 Å². The summed E-state index contributed by atoms with van der Waals surface area (Å²) in [4.78, 5) is 8.14. The van der Waals surface area contributed by atoms with Crippen LogP contribution in [0.1, 0.15) is 12.3 Å². The molecule has 0 amide bonds. The van der Waals surface area contributed by atoms with Crippen LogP contribution in [0.15, 0.2) is 58.1 Å². The largest absolute Gasteiger partial charge is 0.339 e. The van der Waals surface area contributed by atoms with Crippen LogP contribution in [0.25, 0.3) is 11.4 Å². The minimum atomic E-state index is -3.61. The van der Waals surface area contributed by atoms with Crippen molar-refractivity contribution in [2.75, 3.05) is 6.54 Å². The van der Waals surface area contributed by atoms with Crippen LogP contribution in [0.4, 0.5) is 0 Å². The summed E-state index contributed by atoms with van der Waals surface area (Å²) >= 11 is 5.65. The summed E-state index contributed by atoms with van der Waals surface area (Å²) in [6, 6.07) is 12.3. The van der Waals surface area contributed by atoms with Crippen LogP contribution in [0, 0.1) is 0 Å². The molecule has 9 heteroatoms. The van der Waals surface area contributed by atoms with Gasteiger partial charge in [-0.1, -0.05) is 47.1 Å². The number of halogens is 1. The van der Waals surface area contributed by atoms with E-state index in [-0.39, 0.29) is 16.6 Å². The van der Waals surface area contributed by atoms with E-state index in [1.807, 2.05) is 30.3 Å². The third-order valence-corrected chi connectivity index (χ3v) is 5.04. The predicted molar refractivity (Wildman–Crippen MR) is 92.5 cm³/mol. The lowest BCUT2D eigenvalue weighted by Gasteiger charge is -2.05. The van der Waals surface area contributed by atoms with Gasteiger partial charge in [-0.2, -0.15) is 4.98 Å². The van der Waals surface area contributed by atoms with E-state index >= 15 is 0 Å². The topological polar surface area (TPSA) is 98.0 Å². The first-order valence-electron chi connectivity index (χ1n) is 7.54. The van der Waals surface area contributed by atoms with Crippen molar-refractivity contribution in [1.82, 2.24) is 19.8 Å². The predicted octanol–water partition coefficient (Wildman–Crippen LogP) is 2.70. The van der Waals surface area contributed by atoms with Crippen LogP contribution in [0.3, 0.4) is 0 Å². The Hall–Kier alpha value is -2.29. The van der Waals surface area contributed by atoms with Crippen LogP contribution in [0.2, 0.25) is 5.15 Å². The number of nitrogens with one attached hydrogen (secondary N) is 1. The van der Waals surface area contributed by atoms with Crippen molar-refractivity contribution in [3.63, 3.8) is 0 Å². The highest BCUT2D eigenvalue weighted by molar-refractivity contribution is 7.89. The molecular formula is C16H15ClN4O3S. The number of hydrogen-bond acceptors (Lipinski definition) is 6. The Balaban J connectivity index is 1.52. The fourth-order valence-electron chi connectivity index (χ4n) is 2.11. The van der Waals surface area contributed by atoms with Gasteiger partial charge < -0.3 is 4.52 Å². The highest BCUT2D eigenvalue weighted by Crippen LogP contribution is 2.15. The zero-order valence-corrected chi connectivity index (χ0v) is 14.7. The molecule has 0 atom stereocenters. The second-order valence-electron chi connectivity index (χ2n) is 5.20. The molecule has 130 valence electrons. The van der Waals surface area contributed by atoms with E-state index in [9.17, 15) is 8.42 Å². The Morgan fingerprint density at radius 3 is 2.64 bits per heavy atom. The second kappa shape index (κ2) is 7.73. The third-order valence-electron chi connectivity index (χ3n) is 3.37. The Bertz CT molecular complexity index is 928. The van der Waals surface area contributed by atoms with Gasteiger partial charge in [0.2, 0.25) is 21.7 Å². The zero-order chi connectivity index (χ0) is 17.7. The summed E-state index contributed by atoms with van der Waals surface area (Å²) in [6.07, 6.45) is 2.21. The van der Waals surface area contributed by atoms with Gasteiger partial charge >= 0.3 is 0 Å². The number of sulfonamides is 1. The van der Waals surface area contributed by atoms with E-state index in [2.05, 4.69) is 19.8 Å². The molecule has 7 nitrogen and oxygen atoms in total. The van der Waals surface area contributed by atoms with Crippen LogP contribution in [0.5, 0.6) is 0 Å². The first kappa shape index (κ1) is 17.5. The van der Waals surface area contributed by atoms with E-state index < -0.39 is 10.0 Å². The number of nitrogens with zero attached hydrogens (tertiary/aromatic N) is 3. The molecule has 3 rings (SSSR count). The summed E-state index contributed by atoms with van der Waals surface area (Å²) in [7, 11) is -3.61. The van der Waals surface area contributed by atoms with Crippen molar-refractivity contribution in [2.24, 2.45) is 0 Å². The lowest BCUT2D eigenvalue weighted by atomic mass is 10.2. The van der Waals surface area contributed by atoms with Gasteiger partial charge in [-0.25, -0.2) is 18.1 Å². The van der Waals surface area contributed by atoms with Crippen LogP contribution in [-0.4, -0.2) is 30.1 Å². The van der Waals surface area contributed by atoms with Crippen molar-refractivity contribution in [1.29, 1.82) is 0 Å². The standard InChI is InChI=1S/C16H15ClN4O3S/c17-14-9-8-13(11-18-14)25(22,23)19-10-4-7-15-20-16(21-24-15)12-5-2-1-3-6-12/h1-3,5-6,8-9,11,19H,4,7,10H2.